The lowest BCUT2D eigenvalue weighted by molar-refractivity contribution is 0.0779. The number of aryl methyl sites for hydroxylation is 1. The third kappa shape index (κ3) is 3.54. The molecule has 0 radical (unpaired) electrons. The Morgan fingerprint density at radius 3 is 2.35 bits per heavy atom. The van der Waals surface area contributed by atoms with Crippen molar-refractivity contribution in [1.82, 2.24) is 14.9 Å². The van der Waals surface area contributed by atoms with Crippen LogP contribution < -0.4 is 0 Å². The molecule has 0 unspecified atom stereocenters. The topological polar surface area (TPSA) is 46.1 Å². The second-order valence-electron chi connectivity index (χ2n) is 4.56. The van der Waals surface area contributed by atoms with Crippen LogP contribution in [0.2, 0.25) is 5.15 Å². The second kappa shape index (κ2) is 6.48. The summed E-state index contributed by atoms with van der Waals surface area (Å²) in [4.78, 5) is 21.6. The molecule has 0 N–H and O–H groups in total. The Balaban J connectivity index is 2.04. The lowest BCUT2D eigenvalue weighted by Gasteiger charge is -2.16. The van der Waals surface area contributed by atoms with Crippen LogP contribution in [-0.2, 0) is 13.0 Å². The van der Waals surface area contributed by atoms with Crippen molar-refractivity contribution in [2.45, 2.75) is 19.9 Å². The van der Waals surface area contributed by atoms with Gasteiger partial charge in [-0.05, 0) is 17.5 Å². The Kier molecular flexibility index (Phi) is 4.69. The number of hydrogen-bond acceptors (Lipinski definition) is 3. The van der Waals surface area contributed by atoms with Crippen LogP contribution in [0.15, 0.2) is 36.7 Å². The maximum absolute atomic E-state index is 12.2. The zero-order chi connectivity index (χ0) is 14.5. The van der Waals surface area contributed by atoms with Crippen LogP contribution in [0.5, 0.6) is 0 Å². The highest BCUT2D eigenvalue weighted by atomic mass is 35.5. The number of rotatable bonds is 4. The van der Waals surface area contributed by atoms with Crippen LogP contribution in [0.1, 0.15) is 28.5 Å². The molecule has 0 bridgehead atoms. The molecule has 0 aliphatic heterocycles. The minimum absolute atomic E-state index is 0.172. The summed E-state index contributed by atoms with van der Waals surface area (Å²) >= 11 is 5.66. The van der Waals surface area contributed by atoms with Gasteiger partial charge in [0, 0.05) is 13.6 Å². The summed E-state index contributed by atoms with van der Waals surface area (Å²) in [7, 11) is 1.74. The maximum Gasteiger partial charge on any atom is 0.274 e. The Labute approximate surface area is 123 Å². The molecule has 0 fully saturated rings. The summed E-state index contributed by atoms with van der Waals surface area (Å²) in [6.45, 7) is 2.65. The van der Waals surface area contributed by atoms with Gasteiger partial charge in [0.2, 0.25) is 0 Å². The van der Waals surface area contributed by atoms with E-state index in [1.165, 1.54) is 18.0 Å². The molecule has 0 atom stereocenters. The number of aromatic nitrogens is 2. The summed E-state index contributed by atoms with van der Waals surface area (Å²) in [5, 5.41) is 0.277. The van der Waals surface area contributed by atoms with E-state index >= 15 is 0 Å². The fraction of sp³-hybridized carbons (Fsp3) is 0.267. The minimum atomic E-state index is -0.172. The first-order valence-electron chi connectivity index (χ1n) is 6.41. The zero-order valence-electron chi connectivity index (χ0n) is 11.5. The van der Waals surface area contributed by atoms with Crippen molar-refractivity contribution in [3.8, 4) is 0 Å². The molecule has 2 rings (SSSR count). The van der Waals surface area contributed by atoms with Crippen LogP contribution in [0.25, 0.3) is 0 Å². The van der Waals surface area contributed by atoms with Crippen LogP contribution in [0.4, 0.5) is 0 Å². The molecular weight excluding hydrogens is 274 g/mol. The molecule has 4 nitrogen and oxygen atoms in total. The smallest absolute Gasteiger partial charge is 0.274 e. The first-order chi connectivity index (χ1) is 9.60. The number of carbonyl (C=O) groups excluding carboxylic acids is 1. The number of nitrogens with zero attached hydrogens (tertiary/aromatic N) is 3. The third-order valence-corrected chi connectivity index (χ3v) is 3.23. The van der Waals surface area contributed by atoms with Crippen molar-refractivity contribution >= 4 is 17.5 Å². The van der Waals surface area contributed by atoms with E-state index in [0.29, 0.717) is 12.2 Å². The molecule has 5 heteroatoms. The predicted molar refractivity (Wildman–Crippen MR) is 78.7 cm³/mol. The van der Waals surface area contributed by atoms with Crippen LogP contribution in [0, 0.1) is 0 Å². The summed E-state index contributed by atoms with van der Waals surface area (Å²) in [5.74, 6) is -0.172. The highest BCUT2D eigenvalue weighted by Gasteiger charge is 2.13. The standard InChI is InChI=1S/C15H16ClN3O/c1-3-11-4-6-12(7-5-11)10-19(2)15(20)13-8-18-14(16)9-17-13/h4-9H,3,10H2,1-2H3. The van der Waals surface area contributed by atoms with Crippen molar-refractivity contribution < 1.29 is 4.79 Å². The molecular formula is C15H16ClN3O. The van der Waals surface area contributed by atoms with Gasteiger partial charge < -0.3 is 4.90 Å². The highest BCUT2D eigenvalue weighted by Crippen LogP contribution is 2.10. The Morgan fingerprint density at radius 1 is 1.15 bits per heavy atom. The quantitative estimate of drug-likeness (QED) is 0.869. The normalized spacial score (nSPS) is 10.3. The van der Waals surface area contributed by atoms with Crippen molar-refractivity contribution in [2.24, 2.45) is 0 Å². The zero-order valence-corrected chi connectivity index (χ0v) is 12.3. The van der Waals surface area contributed by atoms with Crippen LogP contribution >= 0.6 is 11.6 Å². The Bertz CT molecular complexity index is 581. The van der Waals surface area contributed by atoms with Gasteiger partial charge in [-0.15, -0.1) is 0 Å². The summed E-state index contributed by atoms with van der Waals surface area (Å²) in [6.07, 6.45) is 3.77. The molecule has 0 aliphatic rings. The maximum atomic E-state index is 12.2. The number of hydrogen-bond donors (Lipinski definition) is 0. The highest BCUT2D eigenvalue weighted by molar-refractivity contribution is 6.29. The average molecular weight is 290 g/mol. The van der Waals surface area contributed by atoms with Gasteiger partial charge in [0.05, 0.1) is 12.4 Å². The summed E-state index contributed by atoms with van der Waals surface area (Å²) in [6, 6.07) is 8.23. The van der Waals surface area contributed by atoms with Crippen molar-refractivity contribution in [3.05, 3.63) is 58.6 Å². The SMILES string of the molecule is CCc1ccc(CN(C)C(=O)c2cnc(Cl)cn2)cc1. The average Bonchev–Trinajstić information content (AvgIpc) is 2.48. The van der Waals surface area contributed by atoms with Gasteiger partial charge in [-0.25, -0.2) is 9.97 Å². The van der Waals surface area contributed by atoms with E-state index in [2.05, 4.69) is 29.0 Å². The number of amides is 1. The van der Waals surface area contributed by atoms with Gasteiger partial charge in [-0.3, -0.25) is 4.79 Å². The molecule has 1 aromatic carbocycles. The Hall–Kier alpha value is -1.94. The van der Waals surface area contributed by atoms with Gasteiger partial charge >= 0.3 is 0 Å². The van der Waals surface area contributed by atoms with E-state index in [4.69, 9.17) is 11.6 Å². The molecule has 0 spiro atoms. The molecule has 1 heterocycles. The van der Waals surface area contributed by atoms with Crippen molar-refractivity contribution in [1.29, 1.82) is 0 Å². The molecule has 0 saturated heterocycles. The van der Waals surface area contributed by atoms with E-state index in [1.54, 1.807) is 11.9 Å². The van der Waals surface area contributed by atoms with E-state index in [1.807, 2.05) is 12.1 Å². The van der Waals surface area contributed by atoms with Gasteiger partial charge in [-0.2, -0.15) is 0 Å². The second-order valence-corrected chi connectivity index (χ2v) is 4.94. The first kappa shape index (κ1) is 14.5. The van der Waals surface area contributed by atoms with E-state index < -0.39 is 0 Å². The van der Waals surface area contributed by atoms with E-state index in [9.17, 15) is 4.79 Å². The van der Waals surface area contributed by atoms with E-state index in [0.717, 1.165) is 12.0 Å². The number of carbonyl (C=O) groups is 1. The predicted octanol–water partition coefficient (Wildman–Crippen LogP) is 2.96. The lowest BCUT2D eigenvalue weighted by Crippen LogP contribution is -2.27. The molecule has 1 aromatic heterocycles. The minimum Gasteiger partial charge on any atom is -0.336 e. The fourth-order valence-corrected chi connectivity index (χ4v) is 1.94. The van der Waals surface area contributed by atoms with Crippen LogP contribution in [-0.4, -0.2) is 27.8 Å². The molecule has 2 aromatic rings. The third-order valence-electron chi connectivity index (χ3n) is 3.04. The molecule has 104 valence electrons. The molecule has 0 saturated carbocycles. The van der Waals surface area contributed by atoms with Gasteiger partial charge in [0.1, 0.15) is 10.8 Å². The fourth-order valence-electron chi connectivity index (χ4n) is 1.84. The van der Waals surface area contributed by atoms with Gasteiger partial charge in [0.25, 0.3) is 5.91 Å². The van der Waals surface area contributed by atoms with Gasteiger partial charge in [0.15, 0.2) is 0 Å². The monoisotopic (exact) mass is 289 g/mol. The molecule has 20 heavy (non-hydrogen) atoms. The summed E-state index contributed by atoms with van der Waals surface area (Å²) < 4.78 is 0. The molecule has 0 aliphatic carbocycles. The van der Waals surface area contributed by atoms with Crippen LogP contribution in [0.3, 0.4) is 0 Å². The lowest BCUT2D eigenvalue weighted by atomic mass is 10.1. The number of benzene rings is 1. The van der Waals surface area contributed by atoms with Crippen molar-refractivity contribution in [2.75, 3.05) is 7.05 Å². The Morgan fingerprint density at radius 2 is 1.80 bits per heavy atom. The largest absolute Gasteiger partial charge is 0.336 e. The van der Waals surface area contributed by atoms with Crippen molar-refractivity contribution in [3.63, 3.8) is 0 Å². The first-order valence-corrected chi connectivity index (χ1v) is 6.78. The number of halogens is 1. The van der Waals surface area contributed by atoms with Gasteiger partial charge in [-0.1, -0.05) is 42.8 Å². The summed E-state index contributed by atoms with van der Waals surface area (Å²) in [5.41, 5.74) is 2.66. The molecule has 1 amide bonds. The van der Waals surface area contributed by atoms with E-state index in [-0.39, 0.29) is 11.1 Å².